The molecule has 0 aromatic carbocycles. The minimum Gasteiger partial charge on any atom is -0.323 e. The third kappa shape index (κ3) is 4.19. The molecule has 0 bridgehead atoms. The van der Waals surface area contributed by atoms with Gasteiger partial charge < -0.3 is 10.2 Å². The van der Waals surface area contributed by atoms with Gasteiger partial charge in [-0.1, -0.05) is 11.6 Å². The maximum Gasteiger partial charge on any atom is 0.153 e. The van der Waals surface area contributed by atoms with Crippen molar-refractivity contribution in [2.45, 2.75) is 6.54 Å². The van der Waals surface area contributed by atoms with Gasteiger partial charge in [0.05, 0.1) is 6.54 Å². The molecule has 1 aliphatic heterocycles. The molecule has 3 heterocycles. The highest BCUT2D eigenvalue weighted by Gasteiger charge is 2.13. The fourth-order valence-corrected chi connectivity index (χ4v) is 2.63. The standard InChI is InChI=1S/C15H21ClN6/c1-20-6-8-21(9-7-20)10-11-22-5-3-14(19-22)18-15-12-13(16)2-4-17-15/h2-5,12H,6-11H2,1H3,(H,17,18,19). The number of anilines is 2. The van der Waals surface area contributed by atoms with E-state index in [9.17, 15) is 0 Å². The molecule has 0 radical (unpaired) electrons. The Morgan fingerprint density at radius 2 is 1.95 bits per heavy atom. The minimum atomic E-state index is 0.659. The van der Waals surface area contributed by atoms with Crippen molar-refractivity contribution in [3.63, 3.8) is 0 Å². The fourth-order valence-electron chi connectivity index (χ4n) is 2.47. The van der Waals surface area contributed by atoms with Crippen molar-refractivity contribution in [1.29, 1.82) is 0 Å². The van der Waals surface area contributed by atoms with Crippen LogP contribution >= 0.6 is 11.6 Å². The highest BCUT2D eigenvalue weighted by atomic mass is 35.5. The Morgan fingerprint density at radius 3 is 2.73 bits per heavy atom. The summed E-state index contributed by atoms with van der Waals surface area (Å²) in [4.78, 5) is 9.06. The summed E-state index contributed by atoms with van der Waals surface area (Å²) in [5.74, 6) is 1.49. The van der Waals surface area contributed by atoms with Gasteiger partial charge in [0, 0.05) is 56.2 Å². The summed E-state index contributed by atoms with van der Waals surface area (Å²) in [6, 6.07) is 5.48. The van der Waals surface area contributed by atoms with Crippen molar-refractivity contribution >= 4 is 23.2 Å². The summed E-state index contributed by atoms with van der Waals surface area (Å²) in [5.41, 5.74) is 0. The number of halogens is 1. The van der Waals surface area contributed by atoms with Crippen molar-refractivity contribution in [3.05, 3.63) is 35.6 Å². The third-order valence-corrected chi connectivity index (χ3v) is 4.10. The molecule has 1 N–H and O–H groups in total. The molecule has 3 rings (SSSR count). The van der Waals surface area contributed by atoms with E-state index in [1.54, 1.807) is 18.3 Å². The molecule has 7 heteroatoms. The van der Waals surface area contributed by atoms with Gasteiger partial charge in [-0.3, -0.25) is 9.58 Å². The van der Waals surface area contributed by atoms with Crippen LogP contribution in [0.2, 0.25) is 5.02 Å². The molecule has 118 valence electrons. The highest BCUT2D eigenvalue weighted by Crippen LogP contribution is 2.16. The molecule has 2 aromatic rings. The van der Waals surface area contributed by atoms with Gasteiger partial charge in [0.2, 0.25) is 0 Å². The van der Waals surface area contributed by atoms with E-state index in [-0.39, 0.29) is 0 Å². The van der Waals surface area contributed by atoms with E-state index in [1.807, 2.05) is 16.9 Å². The Hall–Kier alpha value is -1.63. The number of hydrogen-bond donors (Lipinski definition) is 1. The van der Waals surface area contributed by atoms with Crippen LogP contribution in [0, 0.1) is 0 Å². The zero-order valence-electron chi connectivity index (χ0n) is 12.7. The highest BCUT2D eigenvalue weighted by molar-refractivity contribution is 6.30. The molecule has 1 saturated heterocycles. The first kappa shape index (κ1) is 15.3. The van der Waals surface area contributed by atoms with Crippen molar-refractivity contribution < 1.29 is 0 Å². The summed E-state index contributed by atoms with van der Waals surface area (Å²) in [5, 5.41) is 8.34. The van der Waals surface area contributed by atoms with Crippen molar-refractivity contribution in [3.8, 4) is 0 Å². The van der Waals surface area contributed by atoms with Gasteiger partial charge in [-0.25, -0.2) is 4.98 Å². The van der Waals surface area contributed by atoms with Gasteiger partial charge in [0.25, 0.3) is 0 Å². The van der Waals surface area contributed by atoms with Crippen LogP contribution in [0.15, 0.2) is 30.6 Å². The molecule has 6 nitrogen and oxygen atoms in total. The molecule has 0 atom stereocenters. The van der Waals surface area contributed by atoms with Gasteiger partial charge in [-0.15, -0.1) is 0 Å². The van der Waals surface area contributed by atoms with E-state index in [2.05, 4.69) is 32.2 Å². The van der Waals surface area contributed by atoms with Crippen molar-refractivity contribution in [2.75, 3.05) is 45.1 Å². The van der Waals surface area contributed by atoms with E-state index in [4.69, 9.17) is 11.6 Å². The van der Waals surface area contributed by atoms with E-state index in [0.29, 0.717) is 10.8 Å². The van der Waals surface area contributed by atoms with Crippen LogP contribution < -0.4 is 5.32 Å². The van der Waals surface area contributed by atoms with Gasteiger partial charge in [-0.2, -0.15) is 5.10 Å². The van der Waals surface area contributed by atoms with E-state index < -0.39 is 0 Å². The van der Waals surface area contributed by atoms with Crippen LogP contribution in [-0.4, -0.2) is 64.3 Å². The molecule has 0 unspecified atom stereocenters. The smallest absolute Gasteiger partial charge is 0.153 e. The number of pyridine rings is 1. The number of nitrogens with one attached hydrogen (secondary N) is 1. The van der Waals surface area contributed by atoms with E-state index in [1.165, 1.54) is 0 Å². The molecule has 2 aromatic heterocycles. The summed E-state index contributed by atoms with van der Waals surface area (Å²) < 4.78 is 1.96. The molecule has 0 saturated carbocycles. The lowest BCUT2D eigenvalue weighted by Crippen LogP contribution is -2.45. The average molecular weight is 321 g/mol. The summed E-state index contributed by atoms with van der Waals surface area (Å²) in [6.07, 6.45) is 3.66. The normalized spacial score (nSPS) is 16.8. The van der Waals surface area contributed by atoms with Gasteiger partial charge in [0.1, 0.15) is 5.82 Å². The number of piperazine rings is 1. The van der Waals surface area contributed by atoms with Crippen LogP contribution in [0.4, 0.5) is 11.6 Å². The third-order valence-electron chi connectivity index (χ3n) is 3.86. The van der Waals surface area contributed by atoms with Crippen molar-refractivity contribution in [1.82, 2.24) is 24.6 Å². The number of rotatable bonds is 5. The number of nitrogens with zero attached hydrogens (tertiary/aromatic N) is 5. The van der Waals surface area contributed by atoms with Crippen LogP contribution in [0.1, 0.15) is 0 Å². The largest absolute Gasteiger partial charge is 0.323 e. The molecule has 0 aliphatic carbocycles. The minimum absolute atomic E-state index is 0.659. The van der Waals surface area contributed by atoms with E-state index in [0.717, 1.165) is 45.1 Å². The van der Waals surface area contributed by atoms with Gasteiger partial charge in [-0.05, 0) is 19.2 Å². The first-order valence-electron chi connectivity index (χ1n) is 7.52. The zero-order valence-corrected chi connectivity index (χ0v) is 13.5. The van der Waals surface area contributed by atoms with Crippen LogP contribution in [0.5, 0.6) is 0 Å². The molecule has 1 aliphatic rings. The Balaban J connectivity index is 1.51. The monoisotopic (exact) mass is 320 g/mol. The molecule has 1 fully saturated rings. The van der Waals surface area contributed by atoms with Crippen LogP contribution in [-0.2, 0) is 6.54 Å². The molecule has 0 amide bonds. The predicted octanol–water partition coefficient (Wildman–Crippen LogP) is 1.92. The summed E-state index contributed by atoms with van der Waals surface area (Å²) in [7, 11) is 2.17. The van der Waals surface area contributed by atoms with Gasteiger partial charge >= 0.3 is 0 Å². The molecular weight excluding hydrogens is 300 g/mol. The number of aromatic nitrogens is 3. The summed E-state index contributed by atoms with van der Waals surface area (Å²) >= 11 is 5.95. The fraction of sp³-hybridized carbons (Fsp3) is 0.467. The lowest BCUT2D eigenvalue weighted by Gasteiger charge is -2.32. The second-order valence-corrected chi connectivity index (χ2v) is 6.03. The molecule has 22 heavy (non-hydrogen) atoms. The quantitative estimate of drug-likeness (QED) is 0.912. The van der Waals surface area contributed by atoms with E-state index >= 15 is 0 Å². The lowest BCUT2D eigenvalue weighted by atomic mass is 10.3. The Bertz CT molecular complexity index is 606. The topological polar surface area (TPSA) is 49.2 Å². The Labute approximate surface area is 135 Å². The maximum absolute atomic E-state index is 5.95. The lowest BCUT2D eigenvalue weighted by molar-refractivity contribution is 0.149. The number of hydrogen-bond acceptors (Lipinski definition) is 5. The van der Waals surface area contributed by atoms with Crippen LogP contribution in [0.25, 0.3) is 0 Å². The first-order valence-corrected chi connectivity index (χ1v) is 7.90. The molecule has 0 spiro atoms. The maximum atomic E-state index is 5.95. The second-order valence-electron chi connectivity index (χ2n) is 5.59. The Morgan fingerprint density at radius 1 is 1.14 bits per heavy atom. The Kier molecular flexibility index (Phi) is 4.92. The van der Waals surface area contributed by atoms with Gasteiger partial charge in [0.15, 0.2) is 5.82 Å². The zero-order chi connectivity index (χ0) is 15.4. The predicted molar refractivity (Wildman–Crippen MR) is 88.7 cm³/mol. The molecular formula is C15H21ClN6. The first-order chi connectivity index (χ1) is 10.7. The second kappa shape index (κ2) is 7.09. The SMILES string of the molecule is CN1CCN(CCn2ccc(Nc3cc(Cl)ccn3)n2)CC1. The average Bonchev–Trinajstić information content (AvgIpc) is 2.94. The van der Waals surface area contributed by atoms with Crippen LogP contribution in [0.3, 0.4) is 0 Å². The summed E-state index contributed by atoms with van der Waals surface area (Å²) in [6.45, 7) is 6.49. The van der Waals surface area contributed by atoms with Crippen molar-refractivity contribution in [2.24, 2.45) is 0 Å². The number of likely N-dealkylation sites (N-methyl/N-ethyl adjacent to an activating group) is 1.